The van der Waals surface area contributed by atoms with E-state index in [2.05, 4.69) is 14.8 Å². The summed E-state index contributed by atoms with van der Waals surface area (Å²) in [4.78, 5) is 15.5. The molecule has 3 aromatic carbocycles. The highest BCUT2D eigenvalue weighted by atomic mass is 32.3. The van der Waals surface area contributed by atoms with Gasteiger partial charge in [-0.2, -0.15) is 8.42 Å². The number of anilines is 2. The Hall–Kier alpha value is -3.65. The van der Waals surface area contributed by atoms with Crippen LogP contribution in [0.15, 0.2) is 77.7 Å². The SMILES string of the molecule is CCCC[C@]1(CC)CS(=O)(=O)c2ccc(N(C)C)cc2[C@@H](c2cccc(NC(=O)NC3O[C@H](COS(=O)(=O)O)[C@@H](O)[C@H](OCc4ccccc4)[C@H]3O)c2)[C@H]1O. The summed E-state index contributed by atoms with van der Waals surface area (Å²) in [6, 6.07) is 19.8. The van der Waals surface area contributed by atoms with E-state index in [0.717, 1.165) is 18.5 Å². The van der Waals surface area contributed by atoms with Gasteiger partial charge in [0, 0.05) is 36.8 Å². The summed E-state index contributed by atoms with van der Waals surface area (Å²) in [5.41, 5.74) is 1.78. The summed E-state index contributed by atoms with van der Waals surface area (Å²) in [5.74, 6) is -1.00. The van der Waals surface area contributed by atoms with Gasteiger partial charge in [0.05, 0.1) is 30.0 Å². The minimum atomic E-state index is -4.93. The summed E-state index contributed by atoms with van der Waals surface area (Å²) >= 11 is 0. The van der Waals surface area contributed by atoms with Crippen molar-refractivity contribution in [2.24, 2.45) is 5.41 Å². The lowest BCUT2D eigenvalue weighted by atomic mass is 9.69. The second-order valence-electron chi connectivity index (χ2n) is 14.4. The summed E-state index contributed by atoms with van der Waals surface area (Å²) in [6.45, 7) is 3.00. The van der Waals surface area contributed by atoms with Crippen LogP contribution in [0.2, 0.25) is 0 Å². The maximum atomic E-state index is 14.0. The van der Waals surface area contributed by atoms with Crippen LogP contribution in [-0.4, -0.2) is 106 Å². The van der Waals surface area contributed by atoms with Gasteiger partial charge in [0.15, 0.2) is 16.1 Å². The van der Waals surface area contributed by atoms with Crippen LogP contribution in [0.5, 0.6) is 0 Å². The number of rotatable bonds is 14. The molecule has 0 spiro atoms. The van der Waals surface area contributed by atoms with E-state index < -0.39 is 81.0 Å². The predicted octanol–water partition coefficient (Wildman–Crippen LogP) is 3.59. The van der Waals surface area contributed by atoms with Crippen molar-refractivity contribution in [3.05, 3.63) is 89.5 Å². The Balaban J connectivity index is 1.43. The number of aliphatic hydroxyl groups is 3. The Labute approximate surface area is 322 Å². The van der Waals surface area contributed by atoms with Crippen LogP contribution >= 0.6 is 0 Å². The van der Waals surface area contributed by atoms with Gasteiger partial charge in [-0.1, -0.05) is 69.2 Å². The highest BCUT2D eigenvalue weighted by molar-refractivity contribution is 7.91. The number of ether oxygens (including phenoxy) is 2. The van der Waals surface area contributed by atoms with Gasteiger partial charge in [0.1, 0.15) is 24.4 Å². The van der Waals surface area contributed by atoms with E-state index in [4.69, 9.17) is 14.0 Å². The molecule has 0 radical (unpaired) electrons. The quantitative estimate of drug-likeness (QED) is 0.129. The summed E-state index contributed by atoms with van der Waals surface area (Å²) in [5, 5.41) is 39.7. The molecule has 0 saturated carbocycles. The number of hydrogen-bond donors (Lipinski definition) is 6. The van der Waals surface area contributed by atoms with Gasteiger partial charge in [-0.15, -0.1) is 0 Å². The van der Waals surface area contributed by atoms with Gasteiger partial charge in [-0.05, 0) is 59.9 Å². The molecule has 1 unspecified atom stereocenters. The topological polar surface area (TPSA) is 221 Å². The van der Waals surface area contributed by atoms with Gasteiger partial charge in [0.2, 0.25) is 0 Å². The molecule has 2 heterocycles. The number of carbonyl (C=O) groups excluding carboxylic acids is 1. The fourth-order valence-electron chi connectivity index (χ4n) is 7.42. The molecule has 2 amide bonds. The summed E-state index contributed by atoms with van der Waals surface area (Å²) in [7, 11) is -5.07. The van der Waals surface area contributed by atoms with Crippen LogP contribution in [0.4, 0.5) is 16.2 Å². The first-order valence-electron chi connectivity index (χ1n) is 18.2. The third-order valence-corrected chi connectivity index (χ3v) is 12.9. The van der Waals surface area contributed by atoms with Crippen molar-refractivity contribution in [1.29, 1.82) is 0 Å². The number of nitrogens with zero attached hydrogens (tertiary/aromatic N) is 1. The number of urea groups is 1. The van der Waals surface area contributed by atoms with Gasteiger partial charge in [0.25, 0.3) is 0 Å². The van der Waals surface area contributed by atoms with Crippen molar-refractivity contribution in [3.8, 4) is 0 Å². The largest absolute Gasteiger partial charge is 0.397 e. The zero-order chi connectivity index (χ0) is 40.1. The number of carbonyl (C=O) groups is 1. The average molecular weight is 806 g/mol. The smallest absolute Gasteiger partial charge is 0.392 e. The maximum Gasteiger partial charge on any atom is 0.397 e. The van der Waals surface area contributed by atoms with Crippen LogP contribution in [-0.2, 0) is 40.5 Å². The van der Waals surface area contributed by atoms with Gasteiger partial charge in [-0.3, -0.25) is 4.55 Å². The molecule has 0 aromatic heterocycles. The average Bonchev–Trinajstić information content (AvgIpc) is 3.21. The Kier molecular flexibility index (Phi) is 13.6. The molecule has 17 heteroatoms. The third kappa shape index (κ3) is 10.0. The zero-order valence-corrected chi connectivity index (χ0v) is 32.9. The first-order valence-corrected chi connectivity index (χ1v) is 21.2. The highest BCUT2D eigenvalue weighted by Crippen LogP contribution is 2.49. The molecule has 8 atom stereocenters. The molecule has 6 N–H and O–H groups in total. The van der Waals surface area contributed by atoms with Crippen molar-refractivity contribution in [2.45, 2.75) is 93.7 Å². The Bertz CT molecular complexity index is 2000. The number of aliphatic hydroxyl groups excluding tert-OH is 3. The molecule has 55 heavy (non-hydrogen) atoms. The molecule has 2 aliphatic rings. The molecule has 15 nitrogen and oxygen atoms in total. The van der Waals surface area contributed by atoms with Crippen molar-refractivity contribution in [2.75, 3.05) is 36.7 Å². The number of sulfone groups is 1. The minimum Gasteiger partial charge on any atom is -0.392 e. The van der Waals surface area contributed by atoms with E-state index in [1.54, 1.807) is 72.8 Å². The van der Waals surface area contributed by atoms with E-state index >= 15 is 0 Å². The molecule has 0 bridgehead atoms. The second kappa shape index (κ2) is 17.7. The molecule has 0 aliphatic carbocycles. The fourth-order valence-corrected chi connectivity index (χ4v) is 9.98. The number of hydrogen-bond acceptors (Lipinski definition) is 12. The first kappa shape index (κ1) is 42.5. The Morgan fingerprint density at radius 3 is 2.38 bits per heavy atom. The molecule has 1 saturated heterocycles. The molecular formula is C38H51N3O12S2. The summed E-state index contributed by atoms with van der Waals surface area (Å²) < 4.78 is 75.7. The number of amides is 2. The van der Waals surface area contributed by atoms with Gasteiger partial charge >= 0.3 is 16.4 Å². The fraction of sp³-hybridized carbons (Fsp3) is 0.500. The van der Waals surface area contributed by atoms with Gasteiger partial charge < -0.3 is 40.3 Å². The second-order valence-corrected chi connectivity index (χ2v) is 17.4. The first-order chi connectivity index (χ1) is 26.0. The lowest BCUT2D eigenvalue weighted by molar-refractivity contribution is -0.246. The maximum absolute atomic E-state index is 14.0. The number of unbranched alkanes of at least 4 members (excludes halogenated alkanes) is 1. The normalized spacial score (nSPS) is 27.7. The standard InChI is InChI=1S/C38H51N3O12S2/c1-5-7-18-38(6-2)23-54(46,47)30-17-16-27(41(3)4)20-28(30)31(35(38)44)25-14-11-15-26(19-25)39-37(45)40-36-33(43)34(51-21-24-12-9-8-10-13-24)32(42)29(53-36)22-52-55(48,49)50/h8-17,19-20,29,31-36,42-44H,5-7,18,21-23H2,1-4H3,(H2,39,40,45)(H,48,49,50)/t29-,31-,32-,33-,34+,35-,36?,38-/m1/s1. The molecule has 1 fully saturated rings. The molecule has 2 aliphatic heterocycles. The molecule has 302 valence electrons. The molecule has 5 rings (SSSR count). The third-order valence-electron chi connectivity index (χ3n) is 10.5. The Morgan fingerprint density at radius 2 is 1.73 bits per heavy atom. The minimum absolute atomic E-state index is 0.0531. The molecule has 3 aromatic rings. The van der Waals surface area contributed by atoms with Crippen LogP contribution in [0.1, 0.15) is 62.1 Å². The number of benzene rings is 3. The lowest BCUT2D eigenvalue weighted by Gasteiger charge is -2.42. The van der Waals surface area contributed by atoms with Gasteiger partial charge in [-0.25, -0.2) is 17.4 Å². The van der Waals surface area contributed by atoms with Crippen molar-refractivity contribution < 1.29 is 55.2 Å². The Morgan fingerprint density at radius 1 is 1.00 bits per heavy atom. The number of nitrogens with one attached hydrogen (secondary N) is 2. The van der Waals surface area contributed by atoms with Crippen LogP contribution in [0.3, 0.4) is 0 Å². The van der Waals surface area contributed by atoms with Crippen molar-refractivity contribution in [1.82, 2.24) is 5.32 Å². The van der Waals surface area contributed by atoms with Crippen LogP contribution < -0.4 is 15.5 Å². The van der Waals surface area contributed by atoms with E-state index in [-0.39, 0.29) is 22.9 Å². The van der Waals surface area contributed by atoms with E-state index in [1.165, 1.54) is 0 Å². The van der Waals surface area contributed by atoms with Crippen LogP contribution in [0.25, 0.3) is 0 Å². The number of fused-ring (bicyclic) bond motifs is 1. The molecular weight excluding hydrogens is 755 g/mol. The monoisotopic (exact) mass is 805 g/mol. The van der Waals surface area contributed by atoms with Crippen molar-refractivity contribution >= 4 is 37.6 Å². The summed E-state index contributed by atoms with van der Waals surface area (Å²) in [6.07, 6.45) is -6.32. The van der Waals surface area contributed by atoms with E-state index in [9.17, 15) is 36.9 Å². The predicted molar refractivity (Wildman–Crippen MR) is 205 cm³/mol. The van der Waals surface area contributed by atoms with Crippen LogP contribution in [0, 0.1) is 5.41 Å². The highest BCUT2D eigenvalue weighted by Gasteiger charge is 2.49. The lowest BCUT2D eigenvalue weighted by Crippen LogP contribution is -2.64. The van der Waals surface area contributed by atoms with E-state index in [0.29, 0.717) is 29.5 Å². The van der Waals surface area contributed by atoms with Crippen molar-refractivity contribution in [3.63, 3.8) is 0 Å². The zero-order valence-electron chi connectivity index (χ0n) is 31.2. The van der Waals surface area contributed by atoms with E-state index in [1.807, 2.05) is 32.8 Å².